The van der Waals surface area contributed by atoms with Crippen LogP contribution in [0.5, 0.6) is 0 Å². The zero-order valence-electron chi connectivity index (χ0n) is 11.3. The second-order valence-corrected chi connectivity index (χ2v) is 6.45. The molecular weight excluding hydrogens is 226 g/mol. The van der Waals surface area contributed by atoms with Gasteiger partial charge in [0.05, 0.1) is 17.8 Å². The van der Waals surface area contributed by atoms with Crippen LogP contribution in [0.3, 0.4) is 0 Å². The van der Waals surface area contributed by atoms with Crippen molar-refractivity contribution in [2.24, 2.45) is 0 Å². The third-order valence-corrected chi connectivity index (χ3v) is 4.67. The molecule has 2 atom stereocenters. The average molecular weight is 249 g/mol. The fourth-order valence-electron chi connectivity index (χ4n) is 3.69. The van der Waals surface area contributed by atoms with Crippen molar-refractivity contribution >= 4 is 5.82 Å². The number of anilines is 1. The maximum Gasteiger partial charge on any atom is 0.126 e. The van der Waals surface area contributed by atoms with E-state index in [2.05, 4.69) is 13.8 Å². The molecule has 3 N–H and O–H groups in total. The molecule has 2 aliphatic rings. The molecule has 0 radical (unpaired) electrons. The number of aryl methyl sites for hydroxylation is 1. The van der Waals surface area contributed by atoms with Crippen molar-refractivity contribution in [3.05, 3.63) is 11.3 Å². The number of rotatable bonds is 1. The van der Waals surface area contributed by atoms with Gasteiger partial charge in [0.1, 0.15) is 5.82 Å². The van der Waals surface area contributed by atoms with Crippen molar-refractivity contribution in [2.45, 2.75) is 69.9 Å². The summed E-state index contributed by atoms with van der Waals surface area (Å²) in [6.07, 6.45) is 6.03. The first-order valence-electron chi connectivity index (χ1n) is 7.06. The predicted octanol–water partition coefficient (Wildman–Crippen LogP) is 2.17. The van der Waals surface area contributed by atoms with Gasteiger partial charge in [-0.1, -0.05) is 13.8 Å². The van der Waals surface area contributed by atoms with Crippen molar-refractivity contribution in [3.8, 4) is 0 Å². The molecule has 0 spiro atoms. The Labute approximate surface area is 108 Å². The molecule has 0 bridgehead atoms. The van der Waals surface area contributed by atoms with Crippen LogP contribution in [0.1, 0.15) is 63.3 Å². The first kappa shape index (κ1) is 12.0. The largest absolute Gasteiger partial charge is 0.391 e. The minimum Gasteiger partial charge on any atom is -0.391 e. The molecule has 0 aliphatic heterocycles. The Balaban J connectivity index is 2.06. The Hall–Kier alpha value is -1.03. The molecule has 0 amide bonds. The van der Waals surface area contributed by atoms with Gasteiger partial charge in [-0.05, 0) is 43.9 Å². The molecule has 1 saturated carbocycles. The van der Waals surface area contributed by atoms with Crippen LogP contribution < -0.4 is 5.73 Å². The number of hydrogen-bond donors (Lipinski definition) is 2. The molecule has 2 unspecified atom stereocenters. The monoisotopic (exact) mass is 249 g/mol. The van der Waals surface area contributed by atoms with Crippen LogP contribution >= 0.6 is 0 Å². The van der Waals surface area contributed by atoms with E-state index in [-0.39, 0.29) is 17.6 Å². The van der Waals surface area contributed by atoms with Crippen molar-refractivity contribution in [1.29, 1.82) is 0 Å². The number of aromatic nitrogens is 2. The summed E-state index contributed by atoms with van der Waals surface area (Å²) in [6, 6.07) is 0.0893. The van der Waals surface area contributed by atoms with Gasteiger partial charge in [-0.15, -0.1) is 0 Å². The standard InChI is InChI=1S/C14H23N3O/c1-14(2)8-4-5-9-12(14)13(15)17(16-9)10-6-3-7-11(10)18/h10-11,18H,3-8,15H2,1-2H3. The van der Waals surface area contributed by atoms with Gasteiger partial charge in [0.2, 0.25) is 0 Å². The molecule has 4 nitrogen and oxygen atoms in total. The second kappa shape index (κ2) is 3.98. The van der Waals surface area contributed by atoms with Crippen LogP contribution in [0.4, 0.5) is 5.82 Å². The van der Waals surface area contributed by atoms with E-state index in [4.69, 9.17) is 10.8 Å². The molecule has 1 heterocycles. The maximum absolute atomic E-state index is 10.0. The lowest BCUT2D eigenvalue weighted by Crippen LogP contribution is -2.24. The summed E-state index contributed by atoms with van der Waals surface area (Å²) in [7, 11) is 0. The summed E-state index contributed by atoms with van der Waals surface area (Å²) >= 11 is 0. The Morgan fingerprint density at radius 3 is 2.72 bits per heavy atom. The number of nitrogens with two attached hydrogens (primary N) is 1. The lowest BCUT2D eigenvalue weighted by atomic mass is 9.75. The summed E-state index contributed by atoms with van der Waals surface area (Å²) in [4.78, 5) is 0. The summed E-state index contributed by atoms with van der Waals surface area (Å²) < 4.78 is 1.91. The molecule has 1 fully saturated rings. The van der Waals surface area contributed by atoms with Crippen LogP contribution in [0.25, 0.3) is 0 Å². The number of fused-ring (bicyclic) bond motifs is 1. The van der Waals surface area contributed by atoms with E-state index >= 15 is 0 Å². The Bertz CT molecular complexity index is 464. The smallest absolute Gasteiger partial charge is 0.126 e. The zero-order chi connectivity index (χ0) is 12.9. The van der Waals surface area contributed by atoms with Gasteiger partial charge in [-0.3, -0.25) is 0 Å². The van der Waals surface area contributed by atoms with Gasteiger partial charge in [-0.25, -0.2) is 4.68 Å². The van der Waals surface area contributed by atoms with E-state index in [9.17, 15) is 5.11 Å². The summed E-state index contributed by atoms with van der Waals surface area (Å²) in [5.41, 5.74) is 8.84. The van der Waals surface area contributed by atoms with Gasteiger partial charge in [-0.2, -0.15) is 5.10 Å². The SMILES string of the molecule is CC1(C)CCCc2nn(C3CCCC3O)c(N)c21. The number of aliphatic hydroxyl groups is 1. The van der Waals surface area contributed by atoms with Crippen LogP contribution in [0, 0.1) is 0 Å². The van der Waals surface area contributed by atoms with Crippen molar-refractivity contribution in [3.63, 3.8) is 0 Å². The molecule has 1 aromatic rings. The third-order valence-electron chi connectivity index (χ3n) is 4.67. The van der Waals surface area contributed by atoms with Gasteiger partial charge < -0.3 is 10.8 Å². The average Bonchev–Trinajstić information content (AvgIpc) is 2.83. The Morgan fingerprint density at radius 2 is 2.11 bits per heavy atom. The minimum atomic E-state index is -0.281. The summed E-state index contributed by atoms with van der Waals surface area (Å²) in [5.74, 6) is 0.792. The highest BCUT2D eigenvalue weighted by Crippen LogP contribution is 2.42. The maximum atomic E-state index is 10.0. The molecule has 2 aliphatic carbocycles. The lowest BCUT2D eigenvalue weighted by Gasteiger charge is -2.29. The second-order valence-electron chi connectivity index (χ2n) is 6.45. The van der Waals surface area contributed by atoms with Gasteiger partial charge >= 0.3 is 0 Å². The van der Waals surface area contributed by atoms with E-state index in [0.717, 1.165) is 37.2 Å². The molecule has 18 heavy (non-hydrogen) atoms. The van der Waals surface area contributed by atoms with Gasteiger partial charge in [0.25, 0.3) is 0 Å². The highest BCUT2D eigenvalue weighted by atomic mass is 16.3. The van der Waals surface area contributed by atoms with Gasteiger partial charge in [0.15, 0.2) is 0 Å². The first-order chi connectivity index (χ1) is 8.50. The van der Waals surface area contributed by atoms with E-state index in [0.29, 0.717) is 0 Å². The summed E-state index contributed by atoms with van der Waals surface area (Å²) in [6.45, 7) is 4.50. The molecule has 0 saturated heterocycles. The van der Waals surface area contributed by atoms with E-state index in [1.165, 1.54) is 18.4 Å². The Morgan fingerprint density at radius 1 is 1.33 bits per heavy atom. The van der Waals surface area contributed by atoms with Crippen LogP contribution in [0.2, 0.25) is 0 Å². The normalized spacial score (nSPS) is 30.4. The fourth-order valence-corrected chi connectivity index (χ4v) is 3.69. The molecule has 4 heteroatoms. The highest BCUT2D eigenvalue weighted by molar-refractivity contribution is 5.50. The topological polar surface area (TPSA) is 64.1 Å². The number of hydrogen-bond acceptors (Lipinski definition) is 3. The summed E-state index contributed by atoms with van der Waals surface area (Å²) in [5, 5.41) is 14.8. The quantitative estimate of drug-likeness (QED) is 0.801. The van der Waals surface area contributed by atoms with Crippen LogP contribution in [-0.4, -0.2) is 21.0 Å². The molecular formula is C14H23N3O. The van der Waals surface area contributed by atoms with Crippen molar-refractivity contribution in [2.75, 3.05) is 5.73 Å². The molecule has 100 valence electrons. The fraction of sp³-hybridized carbons (Fsp3) is 0.786. The van der Waals surface area contributed by atoms with Crippen molar-refractivity contribution in [1.82, 2.24) is 9.78 Å². The van der Waals surface area contributed by atoms with Gasteiger partial charge in [0, 0.05) is 5.56 Å². The van der Waals surface area contributed by atoms with Crippen molar-refractivity contribution < 1.29 is 5.11 Å². The van der Waals surface area contributed by atoms with Crippen LogP contribution in [0.15, 0.2) is 0 Å². The van der Waals surface area contributed by atoms with Crippen LogP contribution in [-0.2, 0) is 11.8 Å². The first-order valence-corrected chi connectivity index (χ1v) is 7.06. The number of aliphatic hydroxyl groups excluding tert-OH is 1. The minimum absolute atomic E-state index is 0.0893. The zero-order valence-corrected chi connectivity index (χ0v) is 11.3. The molecule has 3 rings (SSSR count). The molecule has 1 aromatic heterocycles. The number of nitrogens with zero attached hydrogens (tertiary/aromatic N) is 2. The Kier molecular flexibility index (Phi) is 2.66. The van der Waals surface area contributed by atoms with E-state index in [1.54, 1.807) is 0 Å². The highest BCUT2D eigenvalue weighted by Gasteiger charge is 2.36. The van der Waals surface area contributed by atoms with E-state index < -0.39 is 0 Å². The van der Waals surface area contributed by atoms with E-state index in [1.807, 2.05) is 4.68 Å². The third kappa shape index (κ3) is 1.66. The number of nitrogen functional groups attached to an aromatic ring is 1. The predicted molar refractivity (Wildman–Crippen MR) is 71.5 cm³/mol. The molecule has 0 aromatic carbocycles. The lowest BCUT2D eigenvalue weighted by molar-refractivity contribution is 0.131.